The van der Waals surface area contributed by atoms with E-state index in [-0.39, 0.29) is 5.60 Å². The van der Waals surface area contributed by atoms with Crippen LogP contribution in [-0.4, -0.2) is 37.5 Å². The number of nitrogens with zero attached hydrogens (tertiary/aromatic N) is 1. The van der Waals surface area contributed by atoms with Gasteiger partial charge < -0.3 is 20.5 Å². The Balaban J connectivity index is 1.86. The van der Waals surface area contributed by atoms with Crippen molar-refractivity contribution in [2.75, 3.05) is 37.9 Å². The molecule has 1 saturated heterocycles. The summed E-state index contributed by atoms with van der Waals surface area (Å²) >= 11 is 0. The smallest absolute Gasteiger partial charge is 0.110 e. The minimum Gasteiger partial charge on any atom is -0.397 e. The van der Waals surface area contributed by atoms with Gasteiger partial charge in [-0.15, -0.1) is 0 Å². The molecule has 2 heterocycles. The summed E-state index contributed by atoms with van der Waals surface area (Å²) in [4.78, 5) is 4.34. The number of benzene rings is 1. The normalized spacial score (nSPS) is 22.2. The van der Waals surface area contributed by atoms with E-state index in [2.05, 4.69) is 10.3 Å². The van der Waals surface area contributed by atoms with Gasteiger partial charge in [0.1, 0.15) is 5.60 Å². The van der Waals surface area contributed by atoms with Gasteiger partial charge in [-0.25, -0.2) is 0 Å². The Kier molecular flexibility index (Phi) is 3.46. The molecule has 3 rings (SSSR count). The van der Waals surface area contributed by atoms with E-state index in [9.17, 15) is 0 Å². The van der Waals surface area contributed by atoms with Gasteiger partial charge in [0, 0.05) is 44.0 Å². The van der Waals surface area contributed by atoms with Crippen LogP contribution >= 0.6 is 0 Å². The predicted octanol–water partition coefficient (Wildman–Crippen LogP) is 2.03. The number of methoxy groups -OCH3 is 1. The SMILES string of the molecule is COC1(CNc2ccnc3c(N)cccc23)CCOC1. The molecule has 5 heteroatoms. The van der Waals surface area contributed by atoms with Crippen LogP contribution in [0.15, 0.2) is 30.5 Å². The van der Waals surface area contributed by atoms with Gasteiger partial charge in [-0.1, -0.05) is 12.1 Å². The Morgan fingerprint density at radius 1 is 1.45 bits per heavy atom. The molecule has 5 nitrogen and oxygen atoms in total. The van der Waals surface area contributed by atoms with Gasteiger partial charge >= 0.3 is 0 Å². The van der Waals surface area contributed by atoms with Crippen LogP contribution in [0.1, 0.15) is 6.42 Å². The number of aromatic nitrogens is 1. The van der Waals surface area contributed by atoms with Crippen LogP contribution in [0.5, 0.6) is 0 Å². The molecule has 0 radical (unpaired) electrons. The van der Waals surface area contributed by atoms with E-state index in [1.807, 2.05) is 24.3 Å². The van der Waals surface area contributed by atoms with Crippen molar-refractivity contribution in [3.05, 3.63) is 30.5 Å². The average Bonchev–Trinajstić information content (AvgIpc) is 2.95. The maximum atomic E-state index is 5.96. The van der Waals surface area contributed by atoms with Gasteiger partial charge in [0.2, 0.25) is 0 Å². The van der Waals surface area contributed by atoms with Gasteiger partial charge in [0.05, 0.1) is 17.8 Å². The molecule has 1 aromatic heterocycles. The number of fused-ring (bicyclic) bond motifs is 1. The summed E-state index contributed by atoms with van der Waals surface area (Å²) in [6.07, 6.45) is 2.67. The number of nitrogens with one attached hydrogen (secondary N) is 1. The zero-order chi connectivity index (χ0) is 14.0. The second-order valence-corrected chi connectivity index (χ2v) is 5.15. The Hall–Kier alpha value is -1.85. The molecular weight excluding hydrogens is 254 g/mol. The maximum Gasteiger partial charge on any atom is 0.110 e. The highest BCUT2D eigenvalue weighted by molar-refractivity contribution is 5.97. The summed E-state index contributed by atoms with van der Waals surface area (Å²) in [7, 11) is 1.74. The van der Waals surface area contributed by atoms with Crippen molar-refractivity contribution in [3.63, 3.8) is 0 Å². The predicted molar refractivity (Wildman–Crippen MR) is 79.8 cm³/mol. The maximum absolute atomic E-state index is 5.96. The van der Waals surface area contributed by atoms with Crippen molar-refractivity contribution in [2.24, 2.45) is 0 Å². The van der Waals surface area contributed by atoms with E-state index < -0.39 is 0 Å². The number of nitrogens with two attached hydrogens (primary N) is 1. The molecule has 106 valence electrons. The molecule has 1 aliphatic rings. The van der Waals surface area contributed by atoms with Gasteiger partial charge in [-0.2, -0.15) is 0 Å². The van der Waals surface area contributed by atoms with Crippen molar-refractivity contribution in [2.45, 2.75) is 12.0 Å². The van der Waals surface area contributed by atoms with Crippen molar-refractivity contribution in [3.8, 4) is 0 Å². The van der Waals surface area contributed by atoms with Crippen LogP contribution in [0.3, 0.4) is 0 Å². The Morgan fingerprint density at radius 2 is 2.35 bits per heavy atom. The number of para-hydroxylation sites is 1. The molecule has 1 unspecified atom stereocenters. The number of hydrogen-bond acceptors (Lipinski definition) is 5. The summed E-state index contributed by atoms with van der Waals surface area (Å²) in [6, 6.07) is 7.78. The second-order valence-electron chi connectivity index (χ2n) is 5.15. The highest BCUT2D eigenvalue weighted by atomic mass is 16.5. The van der Waals surface area contributed by atoms with Crippen LogP contribution in [0.4, 0.5) is 11.4 Å². The molecule has 1 aromatic carbocycles. The van der Waals surface area contributed by atoms with Crippen LogP contribution in [0.25, 0.3) is 10.9 Å². The van der Waals surface area contributed by atoms with Gasteiger partial charge in [-0.05, 0) is 12.1 Å². The number of hydrogen-bond donors (Lipinski definition) is 2. The van der Waals surface area contributed by atoms with E-state index in [0.717, 1.165) is 29.6 Å². The summed E-state index contributed by atoms with van der Waals surface area (Å²) in [5, 5.41) is 4.47. The molecule has 1 atom stereocenters. The minimum atomic E-state index is -0.240. The first kappa shape index (κ1) is 13.1. The molecule has 1 fully saturated rings. The zero-order valence-corrected chi connectivity index (χ0v) is 11.6. The zero-order valence-electron chi connectivity index (χ0n) is 11.6. The molecule has 0 saturated carbocycles. The molecular formula is C15H19N3O2. The standard InChI is InChI=1S/C15H19N3O2/c1-19-15(6-8-20-10-15)9-18-13-5-7-17-14-11(13)3-2-4-12(14)16/h2-5,7H,6,8-10,16H2,1H3,(H,17,18). The monoisotopic (exact) mass is 273 g/mol. The number of rotatable bonds is 4. The molecule has 20 heavy (non-hydrogen) atoms. The molecule has 2 aromatic rings. The van der Waals surface area contributed by atoms with Crippen LogP contribution in [-0.2, 0) is 9.47 Å². The van der Waals surface area contributed by atoms with E-state index in [0.29, 0.717) is 18.8 Å². The first-order chi connectivity index (χ1) is 9.74. The molecule has 0 amide bonds. The van der Waals surface area contributed by atoms with E-state index in [1.54, 1.807) is 13.3 Å². The van der Waals surface area contributed by atoms with Gasteiger partial charge in [0.15, 0.2) is 0 Å². The number of ether oxygens (including phenoxy) is 2. The Labute approximate surface area is 118 Å². The number of nitrogen functional groups attached to an aromatic ring is 1. The lowest BCUT2D eigenvalue weighted by molar-refractivity contribution is -0.00618. The largest absolute Gasteiger partial charge is 0.397 e. The first-order valence-electron chi connectivity index (χ1n) is 6.74. The third-order valence-corrected chi connectivity index (χ3v) is 3.90. The molecule has 0 aliphatic carbocycles. The third kappa shape index (κ3) is 2.30. The van der Waals surface area contributed by atoms with Crippen LogP contribution in [0.2, 0.25) is 0 Å². The lowest BCUT2D eigenvalue weighted by Crippen LogP contribution is -2.39. The molecule has 1 aliphatic heterocycles. The second kappa shape index (κ2) is 5.26. The summed E-state index contributed by atoms with van der Waals surface area (Å²) in [5.41, 5.74) is 8.26. The average molecular weight is 273 g/mol. The summed E-state index contributed by atoms with van der Waals surface area (Å²) < 4.78 is 11.1. The third-order valence-electron chi connectivity index (χ3n) is 3.90. The quantitative estimate of drug-likeness (QED) is 0.834. The fraction of sp³-hybridized carbons (Fsp3) is 0.400. The number of pyridine rings is 1. The molecule has 0 bridgehead atoms. The van der Waals surface area contributed by atoms with Gasteiger partial charge in [-0.3, -0.25) is 4.98 Å². The van der Waals surface area contributed by atoms with Crippen molar-refractivity contribution < 1.29 is 9.47 Å². The highest BCUT2D eigenvalue weighted by Crippen LogP contribution is 2.28. The molecule has 3 N–H and O–H groups in total. The van der Waals surface area contributed by atoms with E-state index in [1.165, 1.54) is 0 Å². The fourth-order valence-corrected chi connectivity index (χ4v) is 2.57. The van der Waals surface area contributed by atoms with Crippen molar-refractivity contribution in [1.29, 1.82) is 0 Å². The molecule has 0 spiro atoms. The van der Waals surface area contributed by atoms with Crippen LogP contribution in [0, 0.1) is 0 Å². The Morgan fingerprint density at radius 3 is 3.10 bits per heavy atom. The number of anilines is 2. The van der Waals surface area contributed by atoms with E-state index >= 15 is 0 Å². The van der Waals surface area contributed by atoms with Crippen LogP contribution < -0.4 is 11.1 Å². The van der Waals surface area contributed by atoms with E-state index in [4.69, 9.17) is 15.2 Å². The van der Waals surface area contributed by atoms with Gasteiger partial charge in [0.25, 0.3) is 0 Å². The highest BCUT2D eigenvalue weighted by Gasteiger charge is 2.34. The van der Waals surface area contributed by atoms with Crippen molar-refractivity contribution in [1.82, 2.24) is 4.98 Å². The topological polar surface area (TPSA) is 69.4 Å². The summed E-state index contributed by atoms with van der Waals surface area (Å²) in [6.45, 7) is 2.08. The first-order valence-corrected chi connectivity index (χ1v) is 6.74. The fourth-order valence-electron chi connectivity index (χ4n) is 2.57. The minimum absolute atomic E-state index is 0.240. The van der Waals surface area contributed by atoms with Crippen molar-refractivity contribution >= 4 is 22.3 Å². The Bertz CT molecular complexity index is 609. The summed E-state index contributed by atoms with van der Waals surface area (Å²) in [5.74, 6) is 0. The lowest BCUT2D eigenvalue weighted by Gasteiger charge is -2.26. The lowest BCUT2D eigenvalue weighted by atomic mass is 10.0.